The molecule has 1 amide bonds. The maximum Gasteiger partial charge on any atom is 0.224 e. The van der Waals surface area contributed by atoms with Gasteiger partial charge in [0.05, 0.1) is 5.25 Å². The minimum atomic E-state index is -3.22. The van der Waals surface area contributed by atoms with Crippen molar-refractivity contribution in [1.82, 2.24) is 4.72 Å². The Kier molecular flexibility index (Phi) is 7.14. The van der Waals surface area contributed by atoms with Gasteiger partial charge in [0.1, 0.15) is 0 Å². The van der Waals surface area contributed by atoms with Gasteiger partial charge in [-0.05, 0) is 44.9 Å². The van der Waals surface area contributed by atoms with Crippen LogP contribution in [0.3, 0.4) is 0 Å². The van der Waals surface area contributed by atoms with E-state index in [0.717, 1.165) is 0 Å². The first kappa shape index (κ1) is 17.9. The number of amides is 1. The van der Waals surface area contributed by atoms with E-state index in [1.807, 2.05) is 0 Å². The lowest BCUT2D eigenvalue weighted by atomic mass is 10.2. The summed E-state index contributed by atoms with van der Waals surface area (Å²) in [6.45, 7) is 3.60. The van der Waals surface area contributed by atoms with Crippen molar-refractivity contribution in [2.24, 2.45) is 0 Å². The van der Waals surface area contributed by atoms with Gasteiger partial charge in [-0.1, -0.05) is 17.7 Å². The molecule has 0 aliphatic heterocycles. The van der Waals surface area contributed by atoms with Crippen molar-refractivity contribution in [2.75, 3.05) is 11.9 Å². The topological polar surface area (TPSA) is 75.3 Å². The summed E-state index contributed by atoms with van der Waals surface area (Å²) in [5, 5.41) is 2.87. The van der Waals surface area contributed by atoms with E-state index in [-0.39, 0.29) is 5.91 Å². The molecule has 1 aromatic carbocycles. The van der Waals surface area contributed by atoms with Crippen molar-refractivity contribution in [3.05, 3.63) is 29.3 Å². The van der Waals surface area contributed by atoms with Gasteiger partial charge in [0.15, 0.2) is 0 Å². The van der Waals surface area contributed by atoms with Gasteiger partial charge < -0.3 is 5.32 Å². The molecule has 0 saturated carbocycles. The number of hydrogen-bond donors (Lipinski definition) is 2. The molecule has 0 fully saturated rings. The number of carbonyl (C=O) groups excluding carboxylic acids is 1. The molecule has 1 aromatic rings. The Balaban J connectivity index is 2.23. The molecule has 118 valence electrons. The standard InChI is InChI=1S/C14H21ClN2O3S/c1-11(2)21(19,20)16-9-4-3-8-14(18)17-13-7-5-6-12(15)10-13/h5-7,10-11,16H,3-4,8-9H2,1-2H3,(H,17,18). The average molecular weight is 333 g/mol. The predicted octanol–water partition coefficient (Wildman–Crippen LogP) is 2.78. The molecule has 0 unspecified atom stereocenters. The second kappa shape index (κ2) is 8.36. The van der Waals surface area contributed by atoms with Crippen LogP contribution in [0.15, 0.2) is 24.3 Å². The summed E-state index contributed by atoms with van der Waals surface area (Å²) in [4.78, 5) is 11.7. The van der Waals surface area contributed by atoms with Gasteiger partial charge >= 0.3 is 0 Å². The molecule has 0 heterocycles. The summed E-state index contributed by atoms with van der Waals surface area (Å²) in [5.74, 6) is -0.107. The maximum absolute atomic E-state index is 11.7. The fourth-order valence-corrected chi connectivity index (χ4v) is 2.53. The van der Waals surface area contributed by atoms with Gasteiger partial charge in [-0.3, -0.25) is 4.79 Å². The zero-order valence-corrected chi connectivity index (χ0v) is 13.8. The smallest absolute Gasteiger partial charge is 0.224 e. The van der Waals surface area contributed by atoms with Gasteiger partial charge in [0, 0.05) is 23.7 Å². The Morgan fingerprint density at radius 3 is 2.62 bits per heavy atom. The van der Waals surface area contributed by atoms with Gasteiger partial charge in [0.2, 0.25) is 15.9 Å². The fourth-order valence-electron chi connectivity index (χ4n) is 1.58. The third-order valence-electron chi connectivity index (χ3n) is 2.86. The summed E-state index contributed by atoms with van der Waals surface area (Å²) in [5.41, 5.74) is 0.660. The molecule has 21 heavy (non-hydrogen) atoms. The summed E-state index contributed by atoms with van der Waals surface area (Å²) in [6, 6.07) is 6.94. The molecule has 0 spiro atoms. The van der Waals surface area contributed by atoms with Crippen LogP contribution in [0, 0.1) is 0 Å². The average Bonchev–Trinajstić information content (AvgIpc) is 2.38. The van der Waals surface area contributed by atoms with Crippen LogP contribution in [0.5, 0.6) is 0 Å². The minimum Gasteiger partial charge on any atom is -0.326 e. The van der Waals surface area contributed by atoms with Crippen molar-refractivity contribution < 1.29 is 13.2 Å². The zero-order chi connectivity index (χ0) is 15.9. The lowest BCUT2D eigenvalue weighted by Gasteiger charge is -2.09. The minimum absolute atomic E-state index is 0.107. The highest BCUT2D eigenvalue weighted by Gasteiger charge is 2.14. The van der Waals surface area contributed by atoms with Crippen LogP contribution in [-0.4, -0.2) is 26.1 Å². The number of unbranched alkanes of at least 4 members (excludes halogenated alkanes) is 1. The summed E-state index contributed by atoms with van der Waals surface area (Å²) >= 11 is 5.83. The fraction of sp³-hybridized carbons (Fsp3) is 0.500. The van der Waals surface area contributed by atoms with Crippen LogP contribution in [0.1, 0.15) is 33.1 Å². The van der Waals surface area contributed by atoms with E-state index in [2.05, 4.69) is 10.0 Å². The van der Waals surface area contributed by atoms with Crippen molar-refractivity contribution in [3.8, 4) is 0 Å². The van der Waals surface area contributed by atoms with Gasteiger partial charge in [-0.25, -0.2) is 13.1 Å². The van der Waals surface area contributed by atoms with Crippen molar-refractivity contribution >= 4 is 33.2 Å². The van der Waals surface area contributed by atoms with Crippen molar-refractivity contribution in [1.29, 1.82) is 0 Å². The molecule has 7 heteroatoms. The van der Waals surface area contributed by atoms with Crippen LogP contribution in [0.4, 0.5) is 5.69 Å². The molecule has 0 atom stereocenters. The lowest BCUT2D eigenvalue weighted by molar-refractivity contribution is -0.116. The first-order chi connectivity index (χ1) is 9.81. The van der Waals surface area contributed by atoms with Crippen LogP contribution >= 0.6 is 11.6 Å². The Hall–Kier alpha value is -1.11. The molecule has 0 bridgehead atoms. The molecule has 0 aliphatic carbocycles. The van der Waals surface area contributed by atoms with E-state index < -0.39 is 15.3 Å². The maximum atomic E-state index is 11.7. The highest BCUT2D eigenvalue weighted by atomic mass is 35.5. The molecule has 0 radical (unpaired) electrons. The van der Waals surface area contributed by atoms with Crippen LogP contribution in [0.25, 0.3) is 0 Å². The summed E-state index contributed by atoms with van der Waals surface area (Å²) < 4.78 is 25.5. The monoisotopic (exact) mass is 332 g/mol. The number of nitrogens with one attached hydrogen (secondary N) is 2. The van der Waals surface area contributed by atoms with E-state index in [9.17, 15) is 13.2 Å². The number of hydrogen-bond acceptors (Lipinski definition) is 3. The predicted molar refractivity (Wildman–Crippen MR) is 86.0 cm³/mol. The molecule has 0 aliphatic rings. The Morgan fingerprint density at radius 2 is 2.00 bits per heavy atom. The number of halogens is 1. The molecule has 0 saturated heterocycles. The van der Waals surface area contributed by atoms with Crippen molar-refractivity contribution in [2.45, 2.75) is 38.4 Å². The lowest BCUT2D eigenvalue weighted by Crippen LogP contribution is -2.31. The number of rotatable bonds is 8. The SMILES string of the molecule is CC(C)S(=O)(=O)NCCCCC(=O)Nc1cccc(Cl)c1. The highest BCUT2D eigenvalue weighted by Crippen LogP contribution is 2.15. The highest BCUT2D eigenvalue weighted by molar-refractivity contribution is 7.90. The first-order valence-corrected chi connectivity index (χ1v) is 8.77. The first-order valence-electron chi connectivity index (χ1n) is 6.85. The zero-order valence-electron chi connectivity index (χ0n) is 12.2. The molecule has 5 nitrogen and oxygen atoms in total. The van der Waals surface area contributed by atoms with Crippen LogP contribution < -0.4 is 10.0 Å². The van der Waals surface area contributed by atoms with Crippen LogP contribution in [0.2, 0.25) is 5.02 Å². The van der Waals surface area contributed by atoms with Crippen LogP contribution in [-0.2, 0) is 14.8 Å². The molecule has 1 rings (SSSR count). The molecule has 2 N–H and O–H groups in total. The summed E-state index contributed by atoms with van der Waals surface area (Å²) in [7, 11) is -3.22. The number of carbonyl (C=O) groups is 1. The number of anilines is 1. The van der Waals surface area contributed by atoms with Crippen molar-refractivity contribution in [3.63, 3.8) is 0 Å². The van der Waals surface area contributed by atoms with E-state index in [4.69, 9.17) is 11.6 Å². The third kappa shape index (κ3) is 6.93. The van der Waals surface area contributed by atoms with E-state index >= 15 is 0 Å². The number of benzene rings is 1. The van der Waals surface area contributed by atoms with Gasteiger partial charge in [-0.15, -0.1) is 0 Å². The molecule has 0 aromatic heterocycles. The van der Waals surface area contributed by atoms with Gasteiger partial charge in [-0.2, -0.15) is 0 Å². The Morgan fingerprint density at radius 1 is 1.29 bits per heavy atom. The van der Waals surface area contributed by atoms with E-state index in [0.29, 0.717) is 36.5 Å². The quantitative estimate of drug-likeness (QED) is 0.719. The van der Waals surface area contributed by atoms with E-state index in [1.54, 1.807) is 38.1 Å². The Labute approximate surface area is 131 Å². The van der Waals surface area contributed by atoms with E-state index in [1.165, 1.54) is 0 Å². The van der Waals surface area contributed by atoms with Gasteiger partial charge in [0.25, 0.3) is 0 Å². The number of sulfonamides is 1. The second-order valence-electron chi connectivity index (χ2n) is 5.00. The normalized spacial score (nSPS) is 11.6. The third-order valence-corrected chi connectivity index (χ3v) is 4.95. The molecular weight excluding hydrogens is 312 g/mol. The Bertz CT molecular complexity index is 573. The molecular formula is C14H21ClN2O3S. The largest absolute Gasteiger partial charge is 0.326 e. The second-order valence-corrected chi connectivity index (χ2v) is 7.76. The summed E-state index contributed by atoms with van der Waals surface area (Å²) in [6.07, 6.45) is 1.58.